The number of hydrogen-bond donors (Lipinski definition) is 0. The molecule has 7 nitrogen and oxygen atoms in total. The minimum atomic E-state index is -0.562. The molecule has 174 valence electrons. The highest BCUT2D eigenvalue weighted by Crippen LogP contribution is 2.39. The Labute approximate surface area is 202 Å². The van der Waals surface area contributed by atoms with E-state index >= 15 is 0 Å². The van der Waals surface area contributed by atoms with Crippen LogP contribution in [-0.4, -0.2) is 49.9 Å². The Bertz CT molecular complexity index is 1190. The van der Waals surface area contributed by atoms with Crippen LogP contribution in [0.2, 0.25) is 10.3 Å². The van der Waals surface area contributed by atoms with E-state index in [1.807, 2.05) is 54.5 Å². The fourth-order valence-electron chi connectivity index (χ4n) is 4.82. The molecular formula is C24H26Cl2N4O3. The van der Waals surface area contributed by atoms with Gasteiger partial charge < -0.3 is 9.47 Å². The molecule has 0 N–H and O–H groups in total. The summed E-state index contributed by atoms with van der Waals surface area (Å²) in [4.78, 5) is 23.5. The van der Waals surface area contributed by atoms with E-state index in [4.69, 9.17) is 32.7 Å². The molecule has 1 amide bonds. The Hall–Kier alpha value is -2.35. The summed E-state index contributed by atoms with van der Waals surface area (Å²) in [6.07, 6.45) is 4.14. The van der Waals surface area contributed by atoms with E-state index in [1.54, 1.807) is 6.07 Å². The molecule has 0 spiro atoms. The van der Waals surface area contributed by atoms with Crippen molar-refractivity contribution in [2.24, 2.45) is 0 Å². The van der Waals surface area contributed by atoms with Crippen LogP contribution in [-0.2, 0) is 9.47 Å². The standard InChI is InChI=1S/C24H26Cl2N4O3/c1-24(2,3)33-23(31)30-17-5-4-6-19(17)32-12-18(30)14-7-9-15(10-8-14)29-20(25)11-16-21(26)27-13-28-22(16)29/h7-11,13,17-19H,4-6,12H2,1-3H3. The van der Waals surface area contributed by atoms with Gasteiger partial charge in [-0.2, -0.15) is 0 Å². The fourth-order valence-corrected chi connectivity index (χ4v) is 5.29. The summed E-state index contributed by atoms with van der Waals surface area (Å²) in [5.41, 5.74) is 1.90. The molecule has 3 heterocycles. The van der Waals surface area contributed by atoms with Crippen molar-refractivity contribution in [2.45, 2.75) is 63.8 Å². The third kappa shape index (κ3) is 4.18. The Kier molecular flexibility index (Phi) is 5.75. The van der Waals surface area contributed by atoms with E-state index in [2.05, 4.69) is 9.97 Å². The zero-order chi connectivity index (χ0) is 23.3. The molecule has 1 saturated heterocycles. The summed E-state index contributed by atoms with van der Waals surface area (Å²) in [5.74, 6) is 0. The van der Waals surface area contributed by atoms with E-state index in [0.717, 1.165) is 30.5 Å². The van der Waals surface area contributed by atoms with Gasteiger partial charge in [-0.3, -0.25) is 9.47 Å². The Morgan fingerprint density at radius 1 is 1.15 bits per heavy atom. The van der Waals surface area contributed by atoms with Crippen LogP contribution < -0.4 is 0 Å². The van der Waals surface area contributed by atoms with E-state index in [0.29, 0.717) is 27.9 Å². The normalized spacial score (nSPS) is 23.1. The molecule has 9 heteroatoms. The summed E-state index contributed by atoms with van der Waals surface area (Å²) in [7, 11) is 0. The minimum Gasteiger partial charge on any atom is -0.444 e. The van der Waals surface area contributed by atoms with Crippen molar-refractivity contribution in [3.8, 4) is 5.69 Å². The monoisotopic (exact) mass is 488 g/mol. The molecule has 2 aliphatic rings. The lowest BCUT2D eigenvalue weighted by atomic mass is 10.00. The molecule has 0 radical (unpaired) electrons. The molecule has 3 atom stereocenters. The van der Waals surface area contributed by atoms with E-state index in [1.165, 1.54) is 6.33 Å². The minimum absolute atomic E-state index is 0.0277. The predicted octanol–water partition coefficient (Wildman–Crippen LogP) is 5.96. The molecule has 1 aromatic carbocycles. The van der Waals surface area contributed by atoms with Crippen molar-refractivity contribution < 1.29 is 14.3 Å². The molecular weight excluding hydrogens is 463 g/mol. The highest BCUT2D eigenvalue weighted by molar-refractivity contribution is 6.36. The largest absolute Gasteiger partial charge is 0.444 e. The number of fused-ring (bicyclic) bond motifs is 2. The summed E-state index contributed by atoms with van der Waals surface area (Å²) in [6.45, 7) is 6.11. The quantitative estimate of drug-likeness (QED) is 0.416. The van der Waals surface area contributed by atoms with Crippen LogP contribution in [0.1, 0.15) is 51.6 Å². The molecule has 1 saturated carbocycles. The molecule has 0 bridgehead atoms. The number of rotatable bonds is 2. The average molecular weight is 489 g/mol. The van der Waals surface area contributed by atoms with Crippen molar-refractivity contribution in [1.29, 1.82) is 0 Å². The van der Waals surface area contributed by atoms with E-state index in [-0.39, 0.29) is 24.3 Å². The average Bonchev–Trinajstić information content (AvgIpc) is 3.36. The molecule has 1 aliphatic carbocycles. The van der Waals surface area contributed by atoms with Crippen molar-refractivity contribution in [2.75, 3.05) is 6.61 Å². The maximum atomic E-state index is 13.2. The first-order valence-corrected chi connectivity index (χ1v) is 11.9. The number of benzene rings is 1. The van der Waals surface area contributed by atoms with Crippen LogP contribution in [0.3, 0.4) is 0 Å². The molecule has 3 unspecified atom stereocenters. The molecule has 3 aromatic rings. The van der Waals surface area contributed by atoms with Gasteiger partial charge in [-0.25, -0.2) is 14.8 Å². The number of morpholine rings is 1. The van der Waals surface area contributed by atoms with Crippen LogP contribution in [0.5, 0.6) is 0 Å². The summed E-state index contributed by atoms with van der Waals surface area (Å²) >= 11 is 12.7. The van der Waals surface area contributed by atoms with Gasteiger partial charge in [-0.15, -0.1) is 0 Å². The lowest BCUT2D eigenvalue weighted by Gasteiger charge is -2.44. The van der Waals surface area contributed by atoms with Gasteiger partial charge in [0, 0.05) is 5.69 Å². The number of ether oxygens (including phenoxy) is 2. The second-order valence-corrected chi connectivity index (χ2v) is 10.3. The van der Waals surface area contributed by atoms with E-state index < -0.39 is 5.60 Å². The smallest absolute Gasteiger partial charge is 0.411 e. The van der Waals surface area contributed by atoms with Gasteiger partial charge in [0.1, 0.15) is 22.2 Å². The Morgan fingerprint density at radius 3 is 2.64 bits per heavy atom. The third-order valence-corrected chi connectivity index (χ3v) is 6.80. The second-order valence-electron chi connectivity index (χ2n) is 9.57. The van der Waals surface area contributed by atoms with Crippen LogP contribution >= 0.6 is 23.2 Å². The van der Waals surface area contributed by atoms with Gasteiger partial charge in [0.2, 0.25) is 0 Å². The van der Waals surface area contributed by atoms with Crippen molar-refractivity contribution in [3.63, 3.8) is 0 Å². The number of amides is 1. The lowest BCUT2D eigenvalue weighted by molar-refractivity contribution is -0.0932. The molecule has 5 rings (SSSR count). The van der Waals surface area contributed by atoms with Gasteiger partial charge in [-0.1, -0.05) is 35.3 Å². The number of aromatic nitrogens is 3. The van der Waals surface area contributed by atoms with Crippen molar-refractivity contribution in [1.82, 2.24) is 19.4 Å². The van der Waals surface area contributed by atoms with Gasteiger partial charge >= 0.3 is 6.09 Å². The molecule has 33 heavy (non-hydrogen) atoms. The van der Waals surface area contributed by atoms with Gasteiger partial charge in [0.25, 0.3) is 0 Å². The maximum Gasteiger partial charge on any atom is 0.411 e. The van der Waals surface area contributed by atoms with E-state index in [9.17, 15) is 4.79 Å². The topological polar surface area (TPSA) is 69.5 Å². The molecule has 2 fully saturated rings. The number of carbonyl (C=O) groups excluding carboxylic acids is 1. The van der Waals surface area contributed by atoms with Crippen molar-refractivity contribution >= 4 is 40.3 Å². The highest BCUT2D eigenvalue weighted by Gasteiger charge is 2.45. The van der Waals surface area contributed by atoms with Crippen LogP contribution in [0.15, 0.2) is 36.7 Å². The highest BCUT2D eigenvalue weighted by atomic mass is 35.5. The summed E-state index contributed by atoms with van der Waals surface area (Å²) in [6, 6.07) is 9.49. The Morgan fingerprint density at radius 2 is 1.91 bits per heavy atom. The molecule has 2 aromatic heterocycles. The zero-order valence-electron chi connectivity index (χ0n) is 18.8. The van der Waals surface area contributed by atoms with Gasteiger partial charge in [0.15, 0.2) is 5.65 Å². The second kappa shape index (κ2) is 8.46. The Balaban J connectivity index is 1.48. The first-order valence-electron chi connectivity index (χ1n) is 11.1. The zero-order valence-corrected chi connectivity index (χ0v) is 20.3. The SMILES string of the molecule is CC(C)(C)OC(=O)N1C(c2ccc(-n3c(Cl)cc4c(Cl)ncnc43)cc2)COC2CCCC21. The number of halogens is 2. The molecule has 1 aliphatic heterocycles. The van der Waals surface area contributed by atoms with Gasteiger partial charge in [0.05, 0.1) is 30.2 Å². The lowest BCUT2D eigenvalue weighted by Crippen LogP contribution is -2.54. The van der Waals surface area contributed by atoms with Crippen LogP contribution in [0.25, 0.3) is 16.7 Å². The van der Waals surface area contributed by atoms with Crippen LogP contribution in [0.4, 0.5) is 4.79 Å². The maximum absolute atomic E-state index is 13.2. The van der Waals surface area contributed by atoms with Crippen molar-refractivity contribution in [3.05, 3.63) is 52.5 Å². The predicted molar refractivity (Wildman–Crippen MR) is 127 cm³/mol. The number of nitrogens with zero attached hydrogens (tertiary/aromatic N) is 4. The number of carbonyl (C=O) groups is 1. The first kappa shape index (κ1) is 22.4. The summed E-state index contributed by atoms with van der Waals surface area (Å²) < 4.78 is 13.8. The first-order chi connectivity index (χ1) is 15.7. The fraction of sp³-hybridized carbons (Fsp3) is 0.458. The third-order valence-electron chi connectivity index (χ3n) is 6.22. The van der Waals surface area contributed by atoms with Crippen LogP contribution in [0, 0.1) is 0 Å². The summed E-state index contributed by atoms with van der Waals surface area (Å²) in [5, 5.41) is 1.54. The van der Waals surface area contributed by atoms with Gasteiger partial charge in [-0.05, 0) is 63.8 Å². The number of hydrogen-bond acceptors (Lipinski definition) is 5.